The molecule has 2 saturated heterocycles. The van der Waals surface area contributed by atoms with Crippen LogP contribution in [-0.2, 0) is 16.1 Å². The summed E-state index contributed by atoms with van der Waals surface area (Å²) in [4.78, 5) is 40.5. The molecular formula is C20H25N3O3S. The van der Waals surface area contributed by atoms with Crippen LogP contribution in [0.3, 0.4) is 0 Å². The van der Waals surface area contributed by atoms with Crippen LogP contribution in [-0.4, -0.2) is 57.8 Å². The van der Waals surface area contributed by atoms with Crippen molar-refractivity contribution in [2.45, 2.75) is 50.7 Å². The summed E-state index contributed by atoms with van der Waals surface area (Å²) >= 11 is 1.63. The maximum atomic E-state index is 12.6. The lowest BCUT2D eigenvalue weighted by Crippen LogP contribution is -2.57. The fraction of sp³-hybridized carbons (Fsp3) is 0.550. The Morgan fingerprint density at radius 3 is 2.59 bits per heavy atom. The molecule has 3 aliphatic rings. The van der Waals surface area contributed by atoms with E-state index in [1.54, 1.807) is 21.6 Å². The van der Waals surface area contributed by atoms with E-state index in [4.69, 9.17) is 0 Å². The van der Waals surface area contributed by atoms with Gasteiger partial charge in [-0.1, -0.05) is 31.4 Å². The quantitative estimate of drug-likeness (QED) is 0.858. The molecule has 0 bridgehead atoms. The van der Waals surface area contributed by atoms with Crippen molar-refractivity contribution < 1.29 is 14.4 Å². The topological polar surface area (TPSA) is 69.7 Å². The summed E-state index contributed by atoms with van der Waals surface area (Å²) < 4.78 is 0. The van der Waals surface area contributed by atoms with Gasteiger partial charge in [0.05, 0.1) is 5.88 Å². The summed E-state index contributed by atoms with van der Waals surface area (Å²) in [5, 5.41) is 3.12. The highest BCUT2D eigenvalue weighted by molar-refractivity contribution is 7.99. The number of nitrogens with one attached hydrogen (secondary N) is 1. The van der Waals surface area contributed by atoms with E-state index < -0.39 is 0 Å². The highest BCUT2D eigenvalue weighted by Crippen LogP contribution is 2.26. The number of carbonyl (C=O) groups excluding carboxylic acids is 3. The van der Waals surface area contributed by atoms with Crippen LogP contribution in [0.2, 0.25) is 0 Å². The molecule has 1 N–H and O–H groups in total. The number of fused-ring (bicyclic) bond motifs is 1. The molecule has 144 valence electrons. The second kappa shape index (κ2) is 7.92. The molecule has 2 heterocycles. The van der Waals surface area contributed by atoms with Crippen molar-refractivity contribution in [3.63, 3.8) is 0 Å². The molecule has 6 nitrogen and oxygen atoms in total. The fourth-order valence-corrected chi connectivity index (χ4v) is 5.24. The van der Waals surface area contributed by atoms with Crippen LogP contribution in [0.25, 0.3) is 0 Å². The van der Waals surface area contributed by atoms with E-state index in [0.717, 1.165) is 18.4 Å². The first-order chi connectivity index (χ1) is 13.1. The Balaban J connectivity index is 1.37. The zero-order chi connectivity index (χ0) is 18.8. The third kappa shape index (κ3) is 3.98. The second-order valence-corrected chi connectivity index (χ2v) is 8.58. The number of hydrogen-bond acceptors (Lipinski definition) is 4. The summed E-state index contributed by atoms with van der Waals surface area (Å²) in [5.74, 6) is 1.32. The predicted octanol–water partition coefficient (Wildman–Crippen LogP) is 1.99. The van der Waals surface area contributed by atoms with Crippen molar-refractivity contribution >= 4 is 29.5 Å². The molecule has 1 aromatic rings. The minimum absolute atomic E-state index is 0.0214. The molecule has 1 aliphatic carbocycles. The van der Waals surface area contributed by atoms with Gasteiger partial charge in [-0.05, 0) is 30.5 Å². The summed E-state index contributed by atoms with van der Waals surface area (Å²) in [6, 6.07) is 7.35. The first kappa shape index (κ1) is 18.3. The Bertz CT molecular complexity index is 730. The molecule has 3 fully saturated rings. The van der Waals surface area contributed by atoms with Crippen molar-refractivity contribution in [2.24, 2.45) is 0 Å². The Morgan fingerprint density at radius 2 is 1.85 bits per heavy atom. The Hall–Kier alpha value is -2.02. The maximum absolute atomic E-state index is 12.6. The number of nitrogens with zero attached hydrogens (tertiary/aromatic N) is 2. The van der Waals surface area contributed by atoms with Crippen molar-refractivity contribution in [3.8, 4) is 0 Å². The maximum Gasteiger partial charge on any atom is 0.251 e. The minimum Gasteiger partial charge on any atom is -0.349 e. The lowest BCUT2D eigenvalue weighted by Gasteiger charge is -2.35. The van der Waals surface area contributed by atoms with E-state index in [-0.39, 0.29) is 36.3 Å². The smallest absolute Gasteiger partial charge is 0.251 e. The minimum atomic E-state index is -0.309. The lowest BCUT2D eigenvalue weighted by atomic mass is 9.95. The molecule has 1 aromatic carbocycles. The monoisotopic (exact) mass is 387 g/mol. The average molecular weight is 388 g/mol. The Morgan fingerprint density at radius 1 is 1.11 bits per heavy atom. The first-order valence-electron chi connectivity index (χ1n) is 9.67. The zero-order valence-electron chi connectivity index (χ0n) is 15.4. The number of benzene rings is 1. The summed E-state index contributed by atoms with van der Waals surface area (Å²) in [7, 11) is 0. The van der Waals surface area contributed by atoms with E-state index in [2.05, 4.69) is 5.32 Å². The first-order valence-corrected chi connectivity index (χ1v) is 10.8. The molecule has 1 atom stereocenters. The third-order valence-corrected chi connectivity index (χ3v) is 6.67. The molecular weight excluding hydrogens is 362 g/mol. The van der Waals surface area contributed by atoms with Gasteiger partial charge in [0.1, 0.15) is 12.6 Å². The molecule has 4 rings (SSSR count). The Labute approximate surface area is 163 Å². The average Bonchev–Trinajstić information content (AvgIpc) is 3.18. The van der Waals surface area contributed by atoms with Gasteiger partial charge in [-0.3, -0.25) is 14.4 Å². The van der Waals surface area contributed by atoms with Gasteiger partial charge in [-0.15, -0.1) is 11.8 Å². The number of rotatable bonds is 4. The summed E-state index contributed by atoms with van der Waals surface area (Å²) in [6.45, 7) is 0.546. The molecule has 3 amide bonds. The van der Waals surface area contributed by atoms with Gasteiger partial charge in [0.25, 0.3) is 5.91 Å². The van der Waals surface area contributed by atoms with E-state index in [1.807, 2.05) is 24.3 Å². The van der Waals surface area contributed by atoms with Crippen molar-refractivity contribution in [3.05, 3.63) is 35.4 Å². The highest BCUT2D eigenvalue weighted by Gasteiger charge is 2.42. The molecule has 0 unspecified atom stereocenters. The third-order valence-electron chi connectivity index (χ3n) is 5.66. The van der Waals surface area contributed by atoms with E-state index in [9.17, 15) is 14.4 Å². The number of carbonyl (C=O) groups is 3. The van der Waals surface area contributed by atoms with Crippen LogP contribution in [0.1, 0.15) is 48.0 Å². The SMILES string of the molecule is O=C(NC1CCCCC1)c1ccc(CN2CC(=O)N3CSC[C@@H]3C2=O)cc1. The van der Waals surface area contributed by atoms with Crippen molar-refractivity contribution in [1.82, 2.24) is 15.1 Å². The van der Waals surface area contributed by atoms with E-state index >= 15 is 0 Å². The molecule has 2 aliphatic heterocycles. The van der Waals surface area contributed by atoms with Crippen LogP contribution in [0.5, 0.6) is 0 Å². The van der Waals surface area contributed by atoms with Gasteiger partial charge in [0.15, 0.2) is 0 Å². The van der Waals surface area contributed by atoms with Gasteiger partial charge in [0.2, 0.25) is 11.8 Å². The largest absolute Gasteiger partial charge is 0.349 e. The normalized spacial score (nSPS) is 23.5. The Kier molecular flexibility index (Phi) is 5.38. The van der Waals surface area contributed by atoms with Crippen molar-refractivity contribution in [2.75, 3.05) is 18.2 Å². The number of thioether (sulfide) groups is 1. The van der Waals surface area contributed by atoms with Crippen molar-refractivity contribution in [1.29, 1.82) is 0 Å². The lowest BCUT2D eigenvalue weighted by molar-refractivity contribution is -0.153. The zero-order valence-corrected chi connectivity index (χ0v) is 16.2. The molecule has 1 saturated carbocycles. The number of piperazine rings is 1. The standard InChI is InChI=1S/C20H25N3O3S/c24-18-11-22(20(26)17-12-27-13-23(17)18)10-14-6-8-15(9-7-14)19(25)21-16-4-2-1-3-5-16/h6-9,16-17H,1-5,10-13H2,(H,21,25)/t17-/m1/s1. The molecule has 0 spiro atoms. The van der Waals surface area contributed by atoms with Gasteiger partial charge in [-0.2, -0.15) is 0 Å². The van der Waals surface area contributed by atoms with Crippen LogP contribution in [0.15, 0.2) is 24.3 Å². The van der Waals surface area contributed by atoms with Gasteiger partial charge >= 0.3 is 0 Å². The highest BCUT2D eigenvalue weighted by atomic mass is 32.2. The van der Waals surface area contributed by atoms with Gasteiger partial charge in [-0.25, -0.2) is 0 Å². The van der Waals surface area contributed by atoms with Gasteiger partial charge < -0.3 is 15.1 Å². The van der Waals surface area contributed by atoms with Crippen LogP contribution < -0.4 is 5.32 Å². The predicted molar refractivity (Wildman–Crippen MR) is 104 cm³/mol. The van der Waals surface area contributed by atoms with E-state index in [0.29, 0.717) is 23.7 Å². The fourth-order valence-electron chi connectivity index (χ4n) is 4.07. The molecule has 7 heteroatoms. The van der Waals surface area contributed by atoms with E-state index in [1.165, 1.54) is 19.3 Å². The molecule has 27 heavy (non-hydrogen) atoms. The van der Waals surface area contributed by atoms with Crippen LogP contribution in [0, 0.1) is 0 Å². The van der Waals surface area contributed by atoms with Crippen LogP contribution >= 0.6 is 11.8 Å². The van der Waals surface area contributed by atoms with Crippen LogP contribution in [0.4, 0.5) is 0 Å². The number of amides is 3. The summed E-state index contributed by atoms with van der Waals surface area (Å²) in [6.07, 6.45) is 5.75. The molecule has 0 aromatic heterocycles. The molecule has 0 radical (unpaired) electrons. The second-order valence-electron chi connectivity index (χ2n) is 7.58. The van der Waals surface area contributed by atoms with Gasteiger partial charge in [0, 0.05) is 23.9 Å². The number of hydrogen-bond donors (Lipinski definition) is 1. The summed E-state index contributed by atoms with van der Waals surface area (Å²) in [5.41, 5.74) is 1.58.